The molecule has 1 nitrogen and oxygen atoms in total. The molecule has 0 spiro atoms. The van der Waals surface area contributed by atoms with Crippen molar-refractivity contribution < 1.29 is 4.74 Å². The maximum atomic E-state index is 6.11. The molecule has 3 heteroatoms. The van der Waals surface area contributed by atoms with E-state index in [4.69, 9.17) is 27.9 Å². The van der Waals surface area contributed by atoms with Gasteiger partial charge in [0, 0.05) is 10.9 Å². The highest BCUT2D eigenvalue weighted by Gasteiger charge is 2.03. The van der Waals surface area contributed by atoms with E-state index in [2.05, 4.69) is 19.1 Å². The van der Waals surface area contributed by atoms with Gasteiger partial charge in [-0.1, -0.05) is 43.1 Å². The Hall–Kier alpha value is -1.18. The topological polar surface area (TPSA) is 9.23 Å². The van der Waals surface area contributed by atoms with Crippen LogP contribution in [0, 0.1) is 0 Å². The number of alkyl halides is 1. The third-order valence-electron chi connectivity index (χ3n) is 3.15. The van der Waals surface area contributed by atoms with E-state index < -0.39 is 0 Å². The van der Waals surface area contributed by atoms with Crippen molar-refractivity contribution in [2.45, 2.75) is 32.1 Å². The van der Waals surface area contributed by atoms with Crippen molar-refractivity contribution in [3.05, 3.63) is 58.6 Å². The van der Waals surface area contributed by atoms with Crippen LogP contribution < -0.4 is 4.74 Å². The van der Waals surface area contributed by atoms with E-state index >= 15 is 0 Å². The molecular formula is C17H18Cl2O. The van der Waals surface area contributed by atoms with E-state index in [0.717, 1.165) is 23.5 Å². The van der Waals surface area contributed by atoms with Gasteiger partial charge in [0.1, 0.15) is 11.5 Å². The van der Waals surface area contributed by atoms with Crippen molar-refractivity contribution in [1.82, 2.24) is 0 Å². The molecule has 0 atom stereocenters. The second kappa shape index (κ2) is 7.56. The second-order valence-corrected chi connectivity index (χ2v) is 5.41. The minimum Gasteiger partial charge on any atom is -0.457 e. The first-order chi connectivity index (χ1) is 9.72. The molecular weight excluding hydrogens is 291 g/mol. The van der Waals surface area contributed by atoms with Crippen LogP contribution in [0.5, 0.6) is 11.5 Å². The largest absolute Gasteiger partial charge is 0.457 e. The lowest BCUT2D eigenvalue weighted by molar-refractivity contribution is 0.482. The molecule has 2 aromatic rings. The average Bonchev–Trinajstić information content (AvgIpc) is 2.47. The van der Waals surface area contributed by atoms with Crippen LogP contribution in [0.4, 0.5) is 0 Å². The molecule has 0 saturated heterocycles. The molecule has 0 unspecified atom stereocenters. The van der Waals surface area contributed by atoms with Crippen LogP contribution in [0.15, 0.2) is 42.5 Å². The zero-order valence-corrected chi connectivity index (χ0v) is 13.0. The Morgan fingerprint density at radius 1 is 1.00 bits per heavy atom. The first kappa shape index (κ1) is 15.2. The van der Waals surface area contributed by atoms with Gasteiger partial charge < -0.3 is 4.74 Å². The van der Waals surface area contributed by atoms with E-state index in [1.165, 1.54) is 18.4 Å². The zero-order chi connectivity index (χ0) is 14.4. The molecule has 0 radical (unpaired) electrons. The van der Waals surface area contributed by atoms with Crippen LogP contribution in [0.3, 0.4) is 0 Å². The van der Waals surface area contributed by atoms with Crippen LogP contribution >= 0.6 is 23.2 Å². The monoisotopic (exact) mass is 308 g/mol. The van der Waals surface area contributed by atoms with Gasteiger partial charge in [-0.3, -0.25) is 0 Å². The lowest BCUT2D eigenvalue weighted by Gasteiger charge is -2.08. The minimum atomic E-state index is 0.408. The molecule has 0 saturated carbocycles. The SMILES string of the molecule is CCCCc1ccc(Oc2ccc(CCl)c(Cl)c2)cc1. The Balaban J connectivity index is 2.04. The van der Waals surface area contributed by atoms with Crippen molar-refractivity contribution in [2.24, 2.45) is 0 Å². The van der Waals surface area contributed by atoms with Crippen LogP contribution in [-0.4, -0.2) is 0 Å². The van der Waals surface area contributed by atoms with Gasteiger partial charge in [0.2, 0.25) is 0 Å². The summed E-state index contributed by atoms with van der Waals surface area (Å²) in [5, 5.41) is 0.636. The Morgan fingerprint density at radius 3 is 2.30 bits per heavy atom. The fourth-order valence-corrected chi connectivity index (χ4v) is 2.48. The average molecular weight is 309 g/mol. The quantitative estimate of drug-likeness (QED) is 0.576. The van der Waals surface area contributed by atoms with Crippen LogP contribution in [0.25, 0.3) is 0 Å². The Morgan fingerprint density at radius 2 is 1.70 bits per heavy atom. The molecule has 2 rings (SSSR count). The van der Waals surface area contributed by atoms with E-state index in [1.807, 2.05) is 24.3 Å². The normalized spacial score (nSPS) is 10.6. The Labute approximate surface area is 130 Å². The number of aryl methyl sites for hydroxylation is 1. The van der Waals surface area contributed by atoms with Crippen LogP contribution in [0.1, 0.15) is 30.9 Å². The molecule has 0 heterocycles. The van der Waals surface area contributed by atoms with Crippen molar-refractivity contribution in [1.29, 1.82) is 0 Å². The van der Waals surface area contributed by atoms with Gasteiger partial charge in [0.15, 0.2) is 0 Å². The predicted octanol–water partition coefficient (Wildman–Crippen LogP) is 6.21. The van der Waals surface area contributed by atoms with E-state index in [1.54, 1.807) is 6.07 Å². The third-order valence-corrected chi connectivity index (χ3v) is 3.79. The fraction of sp³-hybridized carbons (Fsp3) is 0.294. The minimum absolute atomic E-state index is 0.408. The second-order valence-electron chi connectivity index (χ2n) is 4.74. The standard InChI is InChI=1S/C17H18Cl2O/c1-2-3-4-13-5-8-15(9-6-13)20-16-10-7-14(12-18)17(19)11-16/h5-11H,2-4,12H2,1H3. The number of rotatable bonds is 6. The number of unbranched alkanes of at least 4 members (excludes halogenated alkanes) is 1. The molecule has 0 N–H and O–H groups in total. The third kappa shape index (κ3) is 4.16. The molecule has 0 fully saturated rings. The maximum absolute atomic E-state index is 6.11. The molecule has 0 aromatic heterocycles. The molecule has 0 bridgehead atoms. The van der Waals surface area contributed by atoms with Gasteiger partial charge in [-0.2, -0.15) is 0 Å². The van der Waals surface area contributed by atoms with Gasteiger partial charge in [-0.05, 0) is 48.2 Å². The van der Waals surface area contributed by atoms with Crippen LogP contribution in [-0.2, 0) is 12.3 Å². The molecule has 0 aliphatic carbocycles. The van der Waals surface area contributed by atoms with Crippen molar-refractivity contribution in [3.8, 4) is 11.5 Å². The van der Waals surface area contributed by atoms with Gasteiger partial charge >= 0.3 is 0 Å². The molecule has 20 heavy (non-hydrogen) atoms. The first-order valence-electron chi connectivity index (χ1n) is 6.84. The van der Waals surface area contributed by atoms with Gasteiger partial charge in [-0.25, -0.2) is 0 Å². The lowest BCUT2D eigenvalue weighted by atomic mass is 10.1. The highest BCUT2D eigenvalue weighted by atomic mass is 35.5. The summed E-state index contributed by atoms with van der Waals surface area (Å²) in [7, 11) is 0. The number of hydrogen-bond donors (Lipinski definition) is 0. The number of halogens is 2. The molecule has 106 valence electrons. The molecule has 0 aliphatic rings. The fourth-order valence-electron chi connectivity index (χ4n) is 1.94. The van der Waals surface area contributed by atoms with Crippen LogP contribution in [0.2, 0.25) is 5.02 Å². The van der Waals surface area contributed by atoms with Gasteiger partial charge in [0.05, 0.1) is 0 Å². The van der Waals surface area contributed by atoms with Crippen molar-refractivity contribution in [3.63, 3.8) is 0 Å². The van der Waals surface area contributed by atoms with Crippen molar-refractivity contribution >= 4 is 23.2 Å². The van der Waals surface area contributed by atoms with Gasteiger partial charge in [0.25, 0.3) is 0 Å². The highest BCUT2D eigenvalue weighted by molar-refractivity contribution is 6.32. The zero-order valence-electron chi connectivity index (χ0n) is 11.5. The smallest absolute Gasteiger partial charge is 0.128 e. The Kier molecular flexibility index (Phi) is 5.75. The van der Waals surface area contributed by atoms with E-state index in [9.17, 15) is 0 Å². The van der Waals surface area contributed by atoms with Gasteiger partial charge in [-0.15, -0.1) is 11.6 Å². The summed E-state index contributed by atoms with van der Waals surface area (Å²) in [5.41, 5.74) is 2.25. The summed E-state index contributed by atoms with van der Waals surface area (Å²) in [5.74, 6) is 1.95. The summed E-state index contributed by atoms with van der Waals surface area (Å²) in [4.78, 5) is 0. The number of ether oxygens (including phenoxy) is 1. The first-order valence-corrected chi connectivity index (χ1v) is 7.75. The Bertz CT molecular complexity index is 549. The lowest BCUT2D eigenvalue weighted by Crippen LogP contribution is -1.88. The predicted molar refractivity (Wildman–Crippen MR) is 86.1 cm³/mol. The molecule has 0 amide bonds. The summed E-state index contributed by atoms with van der Waals surface area (Å²) in [6.45, 7) is 2.20. The van der Waals surface area contributed by atoms with Crippen molar-refractivity contribution in [2.75, 3.05) is 0 Å². The number of hydrogen-bond acceptors (Lipinski definition) is 1. The summed E-state index contributed by atoms with van der Waals surface area (Å²) in [6, 6.07) is 13.8. The molecule has 2 aromatic carbocycles. The van der Waals surface area contributed by atoms with E-state index in [-0.39, 0.29) is 0 Å². The summed E-state index contributed by atoms with van der Waals surface area (Å²) < 4.78 is 5.79. The molecule has 0 aliphatic heterocycles. The highest BCUT2D eigenvalue weighted by Crippen LogP contribution is 2.27. The summed E-state index contributed by atoms with van der Waals surface area (Å²) >= 11 is 11.9. The number of benzene rings is 2. The van der Waals surface area contributed by atoms with E-state index in [0.29, 0.717) is 10.9 Å². The maximum Gasteiger partial charge on any atom is 0.128 e. The summed E-state index contributed by atoms with van der Waals surface area (Å²) in [6.07, 6.45) is 3.55.